The van der Waals surface area contributed by atoms with Crippen molar-refractivity contribution in [3.05, 3.63) is 51.2 Å². The Morgan fingerprint density at radius 3 is 2.79 bits per heavy atom. The van der Waals surface area contributed by atoms with Crippen LogP contribution in [0.3, 0.4) is 0 Å². The van der Waals surface area contributed by atoms with E-state index in [2.05, 4.69) is 39.6 Å². The average Bonchev–Trinajstić information content (AvgIpc) is 2.91. The molecule has 1 aromatic carbocycles. The van der Waals surface area contributed by atoms with Gasteiger partial charge in [-0.3, -0.25) is 15.0 Å². The quantitative estimate of drug-likeness (QED) is 0.650. The van der Waals surface area contributed by atoms with Crippen LogP contribution in [0, 0.1) is 10.1 Å². The fraction of sp³-hybridized carbons (Fsp3) is 0.471. The van der Waals surface area contributed by atoms with Gasteiger partial charge in [0, 0.05) is 33.2 Å². The summed E-state index contributed by atoms with van der Waals surface area (Å²) in [6.07, 6.45) is 1.61. The minimum atomic E-state index is -0.342. The molecule has 0 saturated heterocycles. The number of nitro groups is 1. The van der Waals surface area contributed by atoms with Crippen molar-refractivity contribution in [1.29, 1.82) is 0 Å². The lowest BCUT2D eigenvalue weighted by Crippen LogP contribution is -2.34. The zero-order valence-corrected chi connectivity index (χ0v) is 14.2. The molecule has 24 heavy (non-hydrogen) atoms. The number of fused-ring (bicyclic) bond motifs is 1. The first-order valence-electron chi connectivity index (χ1n) is 8.33. The van der Waals surface area contributed by atoms with Gasteiger partial charge in [-0.1, -0.05) is 31.2 Å². The van der Waals surface area contributed by atoms with Crippen LogP contribution in [-0.4, -0.2) is 39.2 Å². The van der Waals surface area contributed by atoms with E-state index in [1.54, 1.807) is 11.7 Å². The smallest absolute Gasteiger partial charge is 0.333 e. The van der Waals surface area contributed by atoms with E-state index in [9.17, 15) is 10.1 Å². The predicted molar refractivity (Wildman–Crippen MR) is 93.2 cm³/mol. The molecule has 0 atom stereocenters. The third-order valence-electron chi connectivity index (χ3n) is 4.54. The van der Waals surface area contributed by atoms with Gasteiger partial charge in [-0.25, -0.2) is 4.68 Å². The molecule has 1 aromatic heterocycles. The molecule has 0 radical (unpaired) electrons. The summed E-state index contributed by atoms with van der Waals surface area (Å²) in [6.45, 7) is 5.34. The van der Waals surface area contributed by atoms with E-state index in [-0.39, 0.29) is 10.6 Å². The standard InChI is InChI=1S/C17H23N5O2/c1-3-15-16(22(23)24)17(20(2)19-15)18-9-11-21-10-8-13-6-4-5-7-14(13)12-21/h4-7,18H,3,8-12H2,1-2H3. The molecule has 0 unspecified atom stereocenters. The molecule has 2 heterocycles. The maximum absolute atomic E-state index is 11.3. The van der Waals surface area contributed by atoms with Gasteiger partial charge in [0.2, 0.25) is 5.82 Å². The topological polar surface area (TPSA) is 76.2 Å². The number of hydrogen-bond acceptors (Lipinski definition) is 5. The van der Waals surface area contributed by atoms with E-state index in [0.717, 1.165) is 26.1 Å². The molecule has 7 nitrogen and oxygen atoms in total. The zero-order valence-electron chi connectivity index (χ0n) is 14.2. The number of anilines is 1. The summed E-state index contributed by atoms with van der Waals surface area (Å²) in [5, 5.41) is 18.8. The number of aryl methyl sites for hydroxylation is 2. The van der Waals surface area contributed by atoms with Crippen LogP contribution in [0.2, 0.25) is 0 Å². The van der Waals surface area contributed by atoms with Crippen molar-refractivity contribution in [2.24, 2.45) is 7.05 Å². The molecule has 1 N–H and O–H groups in total. The molecule has 0 bridgehead atoms. The Labute approximate surface area is 141 Å². The van der Waals surface area contributed by atoms with E-state index < -0.39 is 0 Å². The van der Waals surface area contributed by atoms with Gasteiger partial charge in [0.05, 0.1) is 4.92 Å². The summed E-state index contributed by atoms with van der Waals surface area (Å²) in [4.78, 5) is 13.4. The molecule has 0 saturated carbocycles. The normalized spacial score (nSPS) is 14.4. The number of rotatable bonds is 6. The van der Waals surface area contributed by atoms with Crippen LogP contribution in [0.1, 0.15) is 23.7 Å². The molecule has 128 valence electrons. The molecule has 0 fully saturated rings. The lowest BCUT2D eigenvalue weighted by molar-refractivity contribution is -0.384. The lowest BCUT2D eigenvalue weighted by Gasteiger charge is -2.28. The Balaban J connectivity index is 1.62. The van der Waals surface area contributed by atoms with Crippen LogP contribution < -0.4 is 5.32 Å². The molecular weight excluding hydrogens is 306 g/mol. The average molecular weight is 329 g/mol. The predicted octanol–water partition coefficient (Wildman–Crippen LogP) is 2.36. The van der Waals surface area contributed by atoms with Crippen LogP contribution in [0.25, 0.3) is 0 Å². The van der Waals surface area contributed by atoms with Crippen molar-refractivity contribution in [2.45, 2.75) is 26.3 Å². The van der Waals surface area contributed by atoms with Gasteiger partial charge < -0.3 is 5.32 Å². The van der Waals surface area contributed by atoms with Crippen molar-refractivity contribution < 1.29 is 4.92 Å². The number of hydrogen-bond donors (Lipinski definition) is 1. The molecule has 7 heteroatoms. The molecule has 1 aliphatic rings. The minimum absolute atomic E-state index is 0.101. The van der Waals surface area contributed by atoms with Gasteiger partial charge in [0.1, 0.15) is 5.69 Å². The van der Waals surface area contributed by atoms with E-state index in [1.165, 1.54) is 11.1 Å². The van der Waals surface area contributed by atoms with Gasteiger partial charge in [-0.05, 0) is 24.0 Å². The van der Waals surface area contributed by atoms with E-state index >= 15 is 0 Å². The van der Waals surface area contributed by atoms with Gasteiger partial charge in [-0.15, -0.1) is 0 Å². The van der Waals surface area contributed by atoms with Crippen LogP contribution in [0.5, 0.6) is 0 Å². The van der Waals surface area contributed by atoms with Crippen molar-refractivity contribution in [3.8, 4) is 0 Å². The molecular formula is C17H23N5O2. The molecule has 3 rings (SSSR count). The van der Waals surface area contributed by atoms with Crippen molar-refractivity contribution in [1.82, 2.24) is 14.7 Å². The van der Waals surface area contributed by atoms with Gasteiger partial charge in [0.25, 0.3) is 0 Å². The molecule has 0 amide bonds. The summed E-state index contributed by atoms with van der Waals surface area (Å²) in [7, 11) is 1.74. The van der Waals surface area contributed by atoms with Crippen molar-refractivity contribution in [2.75, 3.05) is 25.0 Å². The Kier molecular flexibility index (Phi) is 4.80. The third kappa shape index (κ3) is 3.26. The summed E-state index contributed by atoms with van der Waals surface area (Å²) in [6, 6.07) is 8.53. The van der Waals surface area contributed by atoms with Crippen LogP contribution in [0.15, 0.2) is 24.3 Å². The van der Waals surface area contributed by atoms with E-state index in [4.69, 9.17) is 0 Å². The summed E-state index contributed by atoms with van der Waals surface area (Å²) in [5.41, 5.74) is 3.43. The maximum atomic E-state index is 11.3. The van der Waals surface area contributed by atoms with E-state index in [1.807, 2.05) is 6.92 Å². The highest BCUT2D eigenvalue weighted by Crippen LogP contribution is 2.28. The Morgan fingerprint density at radius 1 is 1.33 bits per heavy atom. The fourth-order valence-corrected chi connectivity index (χ4v) is 3.27. The first-order chi connectivity index (χ1) is 11.6. The Bertz CT molecular complexity index is 741. The number of nitrogens with zero attached hydrogens (tertiary/aromatic N) is 4. The lowest BCUT2D eigenvalue weighted by atomic mass is 10.00. The summed E-state index contributed by atoms with van der Waals surface area (Å²) < 4.78 is 1.57. The summed E-state index contributed by atoms with van der Waals surface area (Å²) >= 11 is 0. The second kappa shape index (κ2) is 7.00. The van der Waals surface area contributed by atoms with Crippen LogP contribution in [-0.2, 0) is 26.4 Å². The van der Waals surface area contributed by atoms with E-state index in [0.29, 0.717) is 24.5 Å². The van der Waals surface area contributed by atoms with Gasteiger partial charge in [0.15, 0.2) is 0 Å². The third-order valence-corrected chi connectivity index (χ3v) is 4.54. The second-order valence-corrected chi connectivity index (χ2v) is 6.10. The van der Waals surface area contributed by atoms with Crippen LogP contribution in [0.4, 0.5) is 11.5 Å². The maximum Gasteiger partial charge on any atom is 0.333 e. The van der Waals surface area contributed by atoms with Gasteiger partial charge >= 0.3 is 5.69 Å². The van der Waals surface area contributed by atoms with Gasteiger partial charge in [-0.2, -0.15) is 5.10 Å². The number of aromatic nitrogens is 2. The fourth-order valence-electron chi connectivity index (χ4n) is 3.27. The first kappa shape index (κ1) is 16.4. The minimum Gasteiger partial charge on any atom is -0.363 e. The monoisotopic (exact) mass is 329 g/mol. The second-order valence-electron chi connectivity index (χ2n) is 6.10. The zero-order chi connectivity index (χ0) is 17.1. The largest absolute Gasteiger partial charge is 0.363 e. The summed E-state index contributed by atoms with van der Waals surface area (Å²) in [5.74, 6) is 0.495. The highest BCUT2D eigenvalue weighted by molar-refractivity contribution is 5.59. The van der Waals surface area contributed by atoms with Crippen molar-refractivity contribution in [3.63, 3.8) is 0 Å². The SMILES string of the molecule is CCc1nn(C)c(NCCN2CCc3ccccc3C2)c1[N+](=O)[O-]. The Morgan fingerprint density at radius 2 is 2.08 bits per heavy atom. The molecule has 2 aromatic rings. The number of benzene rings is 1. The number of nitrogens with one attached hydrogen (secondary N) is 1. The molecule has 0 aliphatic carbocycles. The van der Waals surface area contributed by atoms with Crippen LogP contribution >= 0.6 is 0 Å². The van der Waals surface area contributed by atoms with Crippen molar-refractivity contribution >= 4 is 11.5 Å². The Hall–Kier alpha value is -2.41. The molecule has 1 aliphatic heterocycles. The first-order valence-corrected chi connectivity index (χ1v) is 8.33. The molecule has 0 spiro atoms. The highest BCUT2D eigenvalue weighted by atomic mass is 16.6. The highest BCUT2D eigenvalue weighted by Gasteiger charge is 2.25.